The van der Waals surface area contributed by atoms with Gasteiger partial charge in [0.05, 0.1) is 0 Å². The number of hydrogen-bond donors (Lipinski definition) is 0. The Balaban J connectivity index is 2.03. The van der Waals surface area contributed by atoms with Crippen LogP contribution in [0.15, 0.2) is 11.6 Å². The van der Waals surface area contributed by atoms with Crippen molar-refractivity contribution in [2.75, 3.05) is 19.7 Å². The first-order valence-electron chi connectivity index (χ1n) is 11.0. The van der Waals surface area contributed by atoms with Crippen molar-refractivity contribution >= 4 is 18.0 Å². The predicted molar refractivity (Wildman–Crippen MR) is 118 cm³/mol. The molecule has 2 rings (SSSR count). The molecule has 0 atom stereocenters. The van der Waals surface area contributed by atoms with Crippen LogP contribution in [0.2, 0.25) is 0 Å². The van der Waals surface area contributed by atoms with Crippen molar-refractivity contribution in [3.05, 3.63) is 28.6 Å². The fourth-order valence-electron chi connectivity index (χ4n) is 3.49. The highest BCUT2D eigenvalue weighted by molar-refractivity contribution is 5.99. The molecule has 0 unspecified atom stereocenters. The normalized spacial score (nSPS) is 14.0. The molecule has 0 bridgehead atoms. The number of rotatable bonds is 11. The van der Waals surface area contributed by atoms with Gasteiger partial charge in [-0.15, -0.1) is 0 Å². The molecule has 0 saturated heterocycles. The summed E-state index contributed by atoms with van der Waals surface area (Å²) in [6.07, 6.45) is 5.80. The Morgan fingerprint density at radius 1 is 1.37 bits per heavy atom. The van der Waals surface area contributed by atoms with Gasteiger partial charge < -0.3 is 14.2 Å². The van der Waals surface area contributed by atoms with Gasteiger partial charge in [0, 0.05) is 31.0 Å². The van der Waals surface area contributed by atoms with Crippen molar-refractivity contribution in [3.63, 3.8) is 0 Å². The molecule has 0 radical (unpaired) electrons. The monoisotopic (exact) mass is 413 g/mol. The average Bonchev–Trinajstić information content (AvgIpc) is 3.47. The average molecular weight is 414 g/mol. The summed E-state index contributed by atoms with van der Waals surface area (Å²) in [4.78, 5) is 26.6. The molecular formula is C24H35N3O3. The van der Waals surface area contributed by atoms with E-state index in [0.29, 0.717) is 18.4 Å². The lowest BCUT2D eigenvalue weighted by Gasteiger charge is -2.21. The van der Waals surface area contributed by atoms with Crippen LogP contribution in [-0.4, -0.2) is 41.0 Å². The molecular weight excluding hydrogens is 378 g/mol. The molecule has 1 aliphatic carbocycles. The van der Waals surface area contributed by atoms with Crippen LogP contribution in [0.5, 0.6) is 0 Å². The van der Waals surface area contributed by atoms with E-state index >= 15 is 0 Å². The first-order valence-corrected chi connectivity index (χ1v) is 11.0. The minimum absolute atomic E-state index is 0.0869. The van der Waals surface area contributed by atoms with E-state index in [9.17, 15) is 14.9 Å². The Morgan fingerprint density at radius 2 is 2.07 bits per heavy atom. The largest absolute Gasteiger partial charge is 0.451 e. The van der Waals surface area contributed by atoms with Crippen LogP contribution in [0.1, 0.15) is 63.4 Å². The molecule has 0 N–H and O–H groups in total. The molecule has 1 amide bonds. The van der Waals surface area contributed by atoms with Gasteiger partial charge in [0.25, 0.3) is 5.91 Å². The smallest absolute Gasteiger partial charge is 0.349 e. The van der Waals surface area contributed by atoms with Gasteiger partial charge in [0.2, 0.25) is 0 Å². The lowest BCUT2D eigenvalue weighted by atomic mass is 10.1. The maximum absolute atomic E-state index is 12.4. The highest BCUT2D eigenvalue weighted by atomic mass is 16.5. The highest BCUT2D eigenvalue weighted by Gasteiger charge is 2.27. The molecule has 164 valence electrons. The summed E-state index contributed by atoms with van der Waals surface area (Å²) in [6.45, 7) is 12.4. The van der Waals surface area contributed by atoms with Gasteiger partial charge in [-0.1, -0.05) is 20.8 Å². The van der Waals surface area contributed by atoms with E-state index in [2.05, 4.69) is 18.4 Å². The number of nitriles is 1. The topological polar surface area (TPSA) is 75.3 Å². The lowest BCUT2D eigenvalue weighted by molar-refractivity contribution is -0.148. The van der Waals surface area contributed by atoms with E-state index in [1.54, 1.807) is 11.0 Å². The molecule has 1 aromatic heterocycles. The number of ether oxygens (including phenoxy) is 1. The van der Waals surface area contributed by atoms with Gasteiger partial charge in [0.1, 0.15) is 11.6 Å². The first kappa shape index (κ1) is 23.7. The quantitative estimate of drug-likeness (QED) is 0.309. The third-order valence-corrected chi connectivity index (χ3v) is 5.53. The molecule has 6 nitrogen and oxygen atoms in total. The van der Waals surface area contributed by atoms with Crippen LogP contribution in [0, 0.1) is 37.0 Å². The fraction of sp³-hybridized carbons (Fsp3) is 0.625. The third-order valence-electron chi connectivity index (χ3n) is 5.53. The van der Waals surface area contributed by atoms with Gasteiger partial charge in [-0.05, 0) is 69.1 Å². The Morgan fingerprint density at radius 3 is 2.63 bits per heavy atom. The molecule has 1 aliphatic rings. The van der Waals surface area contributed by atoms with Gasteiger partial charge in [-0.3, -0.25) is 4.79 Å². The van der Waals surface area contributed by atoms with Crippen LogP contribution in [0.25, 0.3) is 6.08 Å². The maximum atomic E-state index is 12.4. The SMILES string of the molecule is CCCN(CC1CC1)C(=O)COC(=O)C(C#N)=Cc1cc(C)n(CCC(C)C)c1C. The standard InChI is InChI=1S/C24H35N3O3/c1-6-10-26(15-20-7-8-20)23(28)16-30-24(29)22(14-25)13-21-12-18(4)27(19(21)5)11-9-17(2)3/h12-13,17,20H,6-11,15-16H2,1-5H3. The number of nitrogens with zero attached hydrogens (tertiary/aromatic N) is 3. The Hall–Kier alpha value is -2.55. The Kier molecular flexibility index (Phi) is 8.71. The van der Waals surface area contributed by atoms with E-state index in [0.717, 1.165) is 55.7 Å². The summed E-state index contributed by atoms with van der Waals surface area (Å²) in [5.74, 6) is 0.234. The molecule has 6 heteroatoms. The summed E-state index contributed by atoms with van der Waals surface area (Å²) >= 11 is 0. The summed E-state index contributed by atoms with van der Waals surface area (Å²) < 4.78 is 7.39. The molecule has 1 fully saturated rings. The summed E-state index contributed by atoms with van der Waals surface area (Å²) in [6, 6.07) is 3.91. The van der Waals surface area contributed by atoms with E-state index in [4.69, 9.17) is 4.74 Å². The van der Waals surface area contributed by atoms with Gasteiger partial charge in [-0.25, -0.2) is 4.79 Å². The fourth-order valence-corrected chi connectivity index (χ4v) is 3.49. The minimum atomic E-state index is -0.749. The summed E-state index contributed by atoms with van der Waals surface area (Å²) in [7, 11) is 0. The number of carbonyl (C=O) groups is 2. The molecule has 1 saturated carbocycles. The number of amides is 1. The second-order valence-electron chi connectivity index (χ2n) is 8.69. The Bertz CT molecular complexity index is 825. The third kappa shape index (κ3) is 6.76. The molecule has 1 aromatic rings. The van der Waals surface area contributed by atoms with E-state index in [1.807, 2.05) is 32.9 Å². The molecule has 30 heavy (non-hydrogen) atoms. The predicted octanol–water partition coefficient (Wildman–Crippen LogP) is 4.25. The van der Waals surface area contributed by atoms with Gasteiger partial charge in [-0.2, -0.15) is 5.26 Å². The van der Waals surface area contributed by atoms with E-state index in [-0.39, 0.29) is 18.1 Å². The molecule has 0 spiro atoms. The molecule has 0 aromatic carbocycles. The first-order chi connectivity index (χ1) is 14.3. The second-order valence-corrected chi connectivity index (χ2v) is 8.69. The highest BCUT2D eigenvalue weighted by Crippen LogP contribution is 2.29. The van der Waals surface area contributed by atoms with Crippen molar-refractivity contribution in [1.82, 2.24) is 9.47 Å². The summed E-state index contributed by atoms with van der Waals surface area (Å²) in [5, 5.41) is 9.47. The minimum Gasteiger partial charge on any atom is -0.451 e. The van der Waals surface area contributed by atoms with Crippen molar-refractivity contribution in [2.45, 2.75) is 66.8 Å². The Labute approximate surface area is 180 Å². The van der Waals surface area contributed by atoms with Crippen molar-refractivity contribution in [1.29, 1.82) is 5.26 Å². The molecule has 0 aliphatic heterocycles. The number of aromatic nitrogens is 1. The zero-order valence-corrected chi connectivity index (χ0v) is 19.0. The van der Waals surface area contributed by atoms with Gasteiger partial charge >= 0.3 is 5.97 Å². The number of esters is 1. The second kappa shape index (κ2) is 11.0. The summed E-state index contributed by atoms with van der Waals surface area (Å²) in [5.41, 5.74) is 2.85. The van der Waals surface area contributed by atoms with E-state index < -0.39 is 5.97 Å². The van der Waals surface area contributed by atoms with Crippen molar-refractivity contribution < 1.29 is 14.3 Å². The maximum Gasteiger partial charge on any atom is 0.349 e. The van der Waals surface area contributed by atoms with Gasteiger partial charge in [0.15, 0.2) is 6.61 Å². The van der Waals surface area contributed by atoms with Crippen molar-refractivity contribution in [2.24, 2.45) is 11.8 Å². The zero-order chi connectivity index (χ0) is 22.3. The van der Waals surface area contributed by atoms with Crippen LogP contribution in [0.4, 0.5) is 0 Å². The molecule has 1 heterocycles. The lowest BCUT2D eigenvalue weighted by Crippen LogP contribution is -2.36. The zero-order valence-electron chi connectivity index (χ0n) is 19.0. The van der Waals surface area contributed by atoms with Crippen LogP contribution < -0.4 is 0 Å². The number of carbonyl (C=O) groups excluding carboxylic acids is 2. The number of aryl methyl sites for hydroxylation is 1. The van der Waals surface area contributed by atoms with Crippen LogP contribution in [-0.2, 0) is 20.9 Å². The van der Waals surface area contributed by atoms with Crippen LogP contribution >= 0.6 is 0 Å². The van der Waals surface area contributed by atoms with Crippen LogP contribution in [0.3, 0.4) is 0 Å². The number of hydrogen-bond acceptors (Lipinski definition) is 4. The van der Waals surface area contributed by atoms with Crippen molar-refractivity contribution in [3.8, 4) is 6.07 Å². The van der Waals surface area contributed by atoms with E-state index in [1.165, 1.54) is 0 Å².